The number of nitrogens with one attached hydrogen (secondary N) is 1. The Balaban J connectivity index is 2.67. The van der Waals surface area contributed by atoms with E-state index in [0.717, 1.165) is 5.56 Å². The predicted molar refractivity (Wildman–Crippen MR) is 55.9 cm³/mol. The predicted octanol–water partition coefficient (Wildman–Crippen LogP) is 0.936. The van der Waals surface area contributed by atoms with E-state index in [0.29, 0.717) is 11.8 Å². The summed E-state index contributed by atoms with van der Waals surface area (Å²) in [6.45, 7) is 0. The lowest BCUT2D eigenvalue weighted by Crippen LogP contribution is -2.36. The van der Waals surface area contributed by atoms with Gasteiger partial charge in [-0.2, -0.15) is 5.26 Å². The van der Waals surface area contributed by atoms with Gasteiger partial charge >= 0.3 is 6.09 Å². The van der Waals surface area contributed by atoms with Crippen LogP contribution in [0.2, 0.25) is 0 Å². The summed E-state index contributed by atoms with van der Waals surface area (Å²) in [5.41, 5.74) is 1.32. The van der Waals surface area contributed by atoms with Gasteiger partial charge in [-0.1, -0.05) is 12.1 Å². The Morgan fingerprint density at radius 1 is 1.50 bits per heavy atom. The lowest BCUT2D eigenvalue weighted by molar-refractivity contribution is -0.109. The molecule has 0 fully saturated rings. The molecule has 1 atom stereocenters. The quantitative estimate of drug-likeness (QED) is 0.736. The molecule has 16 heavy (non-hydrogen) atoms. The van der Waals surface area contributed by atoms with Gasteiger partial charge in [0.2, 0.25) is 0 Å². The fraction of sp³-hybridized carbons (Fsp3) is 0.182. The van der Waals surface area contributed by atoms with Crippen LogP contribution in [-0.4, -0.2) is 23.5 Å². The van der Waals surface area contributed by atoms with E-state index in [1.165, 1.54) is 0 Å². The van der Waals surface area contributed by atoms with Crippen LogP contribution in [0, 0.1) is 11.3 Å². The van der Waals surface area contributed by atoms with E-state index >= 15 is 0 Å². The standard InChI is InChI=1S/C11H10N2O3/c12-6-9-3-1-8(2-4-9)5-10(7-14)13-11(15)16/h1-4,7,10,13H,5H2,(H,15,16). The van der Waals surface area contributed by atoms with Crippen molar-refractivity contribution in [3.05, 3.63) is 35.4 Å². The van der Waals surface area contributed by atoms with E-state index in [4.69, 9.17) is 10.4 Å². The number of carbonyl (C=O) groups excluding carboxylic acids is 1. The summed E-state index contributed by atoms with van der Waals surface area (Å²) in [6, 6.07) is 7.85. The highest BCUT2D eigenvalue weighted by Crippen LogP contribution is 2.05. The van der Waals surface area contributed by atoms with Gasteiger partial charge in [0.05, 0.1) is 17.7 Å². The third-order valence-corrected chi connectivity index (χ3v) is 2.01. The van der Waals surface area contributed by atoms with Crippen molar-refractivity contribution in [2.45, 2.75) is 12.5 Å². The van der Waals surface area contributed by atoms with Gasteiger partial charge in [-0.15, -0.1) is 0 Å². The molecule has 5 heteroatoms. The number of benzene rings is 1. The highest BCUT2D eigenvalue weighted by atomic mass is 16.4. The van der Waals surface area contributed by atoms with Crippen molar-refractivity contribution in [3.8, 4) is 6.07 Å². The molecule has 1 unspecified atom stereocenters. The van der Waals surface area contributed by atoms with Gasteiger partial charge < -0.3 is 15.2 Å². The lowest BCUT2D eigenvalue weighted by atomic mass is 10.1. The molecule has 1 aromatic rings. The molecule has 0 saturated carbocycles. The normalized spacial score (nSPS) is 11.2. The van der Waals surface area contributed by atoms with Gasteiger partial charge in [0.25, 0.3) is 0 Å². The molecule has 2 N–H and O–H groups in total. The van der Waals surface area contributed by atoms with Crippen LogP contribution in [0.25, 0.3) is 0 Å². The van der Waals surface area contributed by atoms with Crippen molar-refractivity contribution in [2.24, 2.45) is 0 Å². The zero-order chi connectivity index (χ0) is 12.0. The molecule has 0 bridgehead atoms. The van der Waals surface area contributed by atoms with Crippen LogP contribution >= 0.6 is 0 Å². The zero-order valence-corrected chi connectivity index (χ0v) is 8.38. The molecule has 1 aromatic carbocycles. The van der Waals surface area contributed by atoms with Crippen molar-refractivity contribution in [3.63, 3.8) is 0 Å². The second-order valence-corrected chi connectivity index (χ2v) is 3.20. The van der Waals surface area contributed by atoms with Crippen LogP contribution in [0.5, 0.6) is 0 Å². The first-order valence-electron chi connectivity index (χ1n) is 4.59. The average molecular weight is 218 g/mol. The zero-order valence-electron chi connectivity index (χ0n) is 8.38. The first kappa shape index (κ1) is 11.7. The molecule has 1 rings (SSSR count). The van der Waals surface area contributed by atoms with Crippen molar-refractivity contribution in [2.75, 3.05) is 0 Å². The van der Waals surface area contributed by atoms with Gasteiger partial charge in [-0.25, -0.2) is 4.79 Å². The second-order valence-electron chi connectivity index (χ2n) is 3.20. The van der Waals surface area contributed by atoms with Crippen molar-refractivity contribution < 1.29 is 14.7 Å². The summed E-state index contributed by atoms with van der Waals surface area (Å²) in [6.07, 6.45) is -0.404. The minimum Gasteiger partial charge on any atom is -0.465 e. The number of nitriles is 1. The molecule has 0 heterocycles. The first-order valence-corrected chi connectivity index (χ1v) is 4.59. The first-order chi connectivity index (χ1) is 7.65. The number of aldehydes is 1. The molecule has 82 valence electrons. The minimum absolute atomic E-state index is 0.279. The van der Waals surface area contributed by atoms with Gasteiger partial charge in [0.15, 0.2) is 0 Å². The maximum Gasteiger partial charge on any atom is 0.405 e. The Kier molecular flexibility index (Phi) is 4.04. The largest absolute Gasteiger partial charge is 0.465 e. The summed E-state index contributed by atoms with van der Waals surface area (Å²) in [7, 11) is 0. The Morgan fingerprint density at radius 2 is 2.12 bits per heavy atom. The van der Waals surface area contributed by atoms with Gasteiger partial charge in [-0.05, 0) is 24.1 Å². The fourth-order valence-electron chi connectivity index (χ4n) is 1.26. The number of carboxylic acid groups (broad SMARTS) is 1. The minimum atomic E-state index is -1.23. The maximum absolute atomic E-state index is 10.6. The molecular weight excluding hydrogens is 208 g/mol. The number of hydrogen-bond acceptors (Lipinski definition) is 3. The molecule has 5 nitrogen and oxygen atoms in total. The molecule has 0 aliphatic carbocycles. The van der Waals surface area contributed by atoms with Gasteiger partial charge in [0.1, 0.15) is 6.29 Å². The topological polar surface area (TPSA) is 90.2 Å². The van der Waals surface area contributed by atoms with Crippen molar-refractivity contribution in [1.82, 2.24) is 5.32 Å². The third kappa shape index (κ3) is 3.42. The van der Waals surface area contributed by atoms with E-state index in [1.807, 2.05) is 6.07 Å². The monoisotopic (exact) mass is 218 g/mol. The maximum atomic E-state index is 10.6. The van der Waals surface area contributed by atoms with Gasteiger partial charge in [-0.3, -0.25) is 0 Å². The third-order valence-electron chi connectivity index (χ3n) is 2.01. The average Bonchev–Trinajstić information content (AvgIpc) is 2.28. The number of amides is 1. The molecule has 0 aliphatic rings. The molecule has 0 spiro atoms. The summed E-state index contributed by atoms with van der Waals surface area (Å²) in [5, 5.41) is 19.1. The van der Waals surface area contributed by atoms with Crippen LogP contribution < -0.4 is 5.32 Å². The van der Waals surface area contributed by atoms with Crippen LogP contribution in [0.15, 0.2) is 24.3 Å². The number of nitrogens with zero attached hydrogens (tertiary/aromatic N) is 1. The number of hydrogen-bond donors (Lipinski definition) is 2. The molecule has 0 aromatic heterocycles. The van der Waals surface area contributed by atoms with E-state index in [9.17, 15) is 9.59 Å². The smallest absolute Gasteiger partial charge is 0.405 e. The van der Waals surface area contributed by atoms with E-state index in [1.54, 1.807) is 24.3 Å². The molecular formula is C11H10N2O3. The van der Waals surface area contributed by atoms with E-state index < -0.39 is 12.1 Å². The summed E-state index contributed by atoms with van der Waals surface area (Å²) >= 11 is 0. The van der Waals surface area contributed by atoms with Crippen LogP contribution in [0.4, 0.5) is 4.79 Å². The molecule has 1 amide bonds. The summed E-state index contributed by atoms with van der Waals surface area (Å²) < 4.78 is 0. The Morgan fingerprint density at radius 3 is 2.56 bits per heavy atom. The van der Waals surface area contributed by atoms with E-state index in [2.05, 4.69) is 5.32 Å². The lowest BCUT2D eigenvalue weighted by Gasteiger charge is -2.09. The molecule has 0 saturated heterocycles. The number of rotatable bonds is 4. The van der Waals surface area contributed by atoms with Crippen LogP contribution in [0.1, 0.15) is 11.1 Å². The summed E-state index contributed by atoms with van der Waals surface area (Å²) in [4.78, 5) is 20.9. The van der Waals surface area contributed by atoms with Crippen LogP contribution in [0.3, 0.4) is 0 Å². The van der Waals surface area contributed by atoms with Crippen molar-refractivity contribution in [1.29, 1.82) is 5.26 Å². The van der Waals surface area contributed by atoms with Crippen LogP contribution in [-0.2, 0) is 11.2 Å². The van der Waals surface area contributed by atoms with Gasteiger partial charge in [0, 0.05) is 0 Å². The second kappa shape index (κ2) is 5.51. The van der Waals surface area contributed by atoms with Crippen molar-refractivity contribution >= 4 is 12.4 Å². The summed E-state index contributed by atoms with van der Waals surface area (Å²) in [5.74, 6) is 0. The Hall–Kier alpha value is -2.35. The number of carbonyl (C=O) groups is 2. The Labute approximate surface area is 92.3 Å². The Bertz CT molecular complexity index is 420. The molecule has 0 aliphatic heterocycles. The molecule has 0 radical (unpaired) electrons. The highest BCUT2D eigenvalue weighted by molar-refractivity contribution is 5.71. The van der Waals surface area contributed by atoms with E-state index in [-0.39, 0.29) is 6.42 Å². The highest BCUT2D eigenvalue weighted by Gasteiger charge is 2.10. The SMILES string of the molecule is N#Cc1ccc(CC(C=O)NC(=O)O)cc1. The fourth-order valence-corrected chi connectivity index (χ4v) is 1.26.